The lowest BCUT2D eigenvalue weighted by atomic mass is 9.78. The number of halogens is 2. The van der Waals surface area contributed by atoms with Crippen molar-refractivity contribution in [1.29, 1.82) is 0 Å². The van der Waals surface area contributed by atoms with Crippen molar-refractivity contribution in [2.45, 2.75) is 27.2 Å². The lowest BCUT2D eigenvalue weighted by Gasteiger charge is -2.29. The van der Waals surface area contributed by atoms with Gasteiger partial charge in [-0.2, -0.15) is 0 Å². The van der Waals surface area contributed by atoms with Crippen molar-refractivity contribution < 1.29 is 0 Å². The Bertz CT molecular complexity index is 297. The van der Waals surface area contributed by atoms with Gasteiger partial charge in [-0.05, 0) is 58.0 Å². The average Bonchev–Trinajstić information content (AvgIpc) is 2.15. The normalized spacial score (nSPS) is 13.9. The van der Waals surface area contributed by atoms with Gasteiger partial charge in [-0.25, -0.2) is 0 Å². The third-order valence-electron chi connectivity index (χ3n) is 2.81. The summed E-state index contributed by atoms with van der Waals surface area (Å²) in [7, 11) is 0. The fourth-order valence-corrected chi connectivity index (χ4v) is 2.43. The zero-order chi connectivity index (χ0) is 11.5. The highest BCUT2D eigenvalue weighted by Gasteiger charge is 2.23. The Labute approximate surface area is 112 Å². The highest BCUT2D eigenvalue weighted by molar-refractivity contribution is 14.1. The average molecular weight is 337 g/mol. The Morgan fingerprint density at radius 3 is 2.13 bits per heavy atom. The van der Waals surface area contributed by atoms with Crippen LogP contribution in [0.3, 0.4) is 0 Å². The molecule has 0 spiro atoms. The van der Waals surface area contributed by atoms with E-state index in [1.165, 1.54) is 9.13 Å². The predicted molar refractivity (Wildman–Crippen MR) is 76.5 cm³/mol. The molecule has 1 atom stereocenters. The zero-order valence-corrected chi connectivity index (χ0v) is 12.5. The molecular weight excluding hydrogens is 318 g/mol. The summed E-state index contributed by atoms with van der Waals surface area (Å²) in [5.41, 5.74) is 1.67. The minimum atomic E-state index is 0.282. The first-order valence-corrected chi connectivity index (χ1v) is 6.85. The molecule has 0 fully saturated rings. The second kappa shape index (κ2) is 5.53. The van der Waals surface area contributed by atoms with Gasteiger partial charge in [0.15, 0.2) is 0 Å². The number of alkyl halides is 1. The van der Waals surface area contributed by atoms with E-state index < -0.39 is 0 Å². The number of hydrogen-bond donors (Lipinski definition) is 0. The van der Waals surface area contributed by atoms with Gasteiger partial charge in [0.2, 0.25) is 0 Å². The van der Waals surface area contributed by atoms with Crippen molar-refractivity contribution in [1.82, 2.24) is 0 Å². The van der Waals surface area contributed by atoms with Crippen molar-refractivity contribution in [3.63, 3.8) is 0 Å². The van der Waals surface area contributed by atoms with Crippen LogP contribution in [0.15, 0.2) is 24.3 Å². The van der Waals surface area contributed by atoms with Crippen LogP contribution in [0, 0.1) is 14.9 Å². The SMILES string of the molecule is CC(C)(C)C(CCl)Cc1ccc(I)cc1. The molecule has 0 amide bonds. The second-order valence-corrected chi connectivity index (χ2v) is 6.60. The highest BCUT2D eigenvalue weighted by Crippen LogP contribution is 2.30. The zero-order valence-electron chi connectivity index (χ0n) is 9.56. The molecule has 0 radical (unpaired) electrons. The molecule has 0 aliphatic carbocycles. The van der Waals surface area contributed by atoms with E-state index in [2.05, 4.69) is 67.6 Å². The quantitative estimate of drug-likeness (QED) is 0.553. The third kappa shape index (κ3) is 4.31. The summed E-state index contributed by atoms with van der Waals surface area (Å²) >= 11 is 8.36. The molecule has 1 aromatic carbocycles. The summed E-state index contributed by atoms with van der Waals surface area (Å²) in [6.45, 7) is 6.77. The Morgan fingerprint density at radius 1 is 1.20 bits per heavy atom. The van der Waals surface area contributed by atoms with E-state index in [1.807, 2.05) is 0 Å². The predicted octanol–water partition coefficient (Wildman–Crippen LogP) is 4.73. The monoisotopic (exact) mass is 336 g/mol. The van der Waals surface area contributed by atoms with Crippen LogP contribution in [0.4, 0.5) is 0 Å². The van der Waals surface area contributed by atoms with Gasteiger partial charge in [0, 0.05) is 9.45 Å². The molecule has 0 heterocycles. The molecule has 0 saturated carbocycles. The third-order valence-corrected chi connectivity index (χ3v) is 3.90. The Kier molecular flexibility index (Phi) is 4.91. The van der Waals surface area contributed by atoms with Gasteiger partial charge in [-0.15, -0.1) is 11.6 Å². The van der Waals surface area contributed by atoms with Gasteiger partial charge in [-0.3, -0.25) is 0 Å². The lowest BCUT2D eigenvalue weighted by Crippen LogP contribution is -2.24. The van der Waals surface area contributed by atoms with Crippen LogP contribution in [-0.4, -0.2) is 5.88 Å². The van der Waals surface area contributed by atoms with Gasteiger partial charge < -0.3 is 0 Å². The molecule has 84 valence electrons. The van der Waals surface area contributed by atoms with Crippen LogP contribution in [-0.2, 0) is 6.42 Å². The minimum Gasteiger partial charge on any atom is -0.126 e. The maximum Gasteiger partial charge on any atom is 0.0259 e. The molecule has 0 aliphatic rings. The van der Waals surface area contributed by atoms with Crippen LogP contribution in [0.5, 0.6) is 0 Å². The van der Waals surface area contributed by atoms with Gasteiger partial charge in [0.05, 0.1) is 0 Å². The summed E-state index contributed by atoms with van der Waals surface area (Å²) in [6.07, 6.45) is 1.07. The molecule has 0 saturated heterocycles. The van der Waals surface area contributed by atoms with Crippen LogP contribution >= 0.6 is 34.2 Å². The van der Waals surface area contributed by atoms with Crippen LogP contribution in [0.25, 0.3) is 0 Å². The van der Waals surface area contributed by atoms with Crippen LogP contribution in [0.1, 0.15) is 26.3 Å². The summed E-state index contributed by atoms with van der Waals surface area (Å²) < 4.78 is 1.29. The Morgan fingerprint density at radius 2 is 1.73 bits per heavy atom. The fourth-order valence-electron chi connectivity index (χ4n) is 1.50. The summed E-state index contributed by atoms with van der Waals surface area (Å²) in [5, 5.41) is 0. The molecular formula is C13H18ClI. The first kappa shape index (κ1) is 13.3. The minimum absolute atomic E-state index is 0.282. The number of benzene rings is 1. The summed E-state index contributed by atoms with van der Waals surface area (Å²) in [4.78, 5) is 0. The molecule has 0 aromatic heterocycles. The van der Waals surface area contributed by atoms with Crippen molar-refractivity contribution in [3.05, 3.63) is 33.4 Å². The Balaban J connectivity index is 2.71. The van der Waals surface area contributed by atoms with Crippen molar-refractivity contribution in [2.24, 2.45) is 11.3 Å². The van der Waals surface area contributed by atoms with Gasteiger partial charge in [0.25, 0.3) is 0 Å². The largest absolute Gasteiger partial charge is 0.126 e. The molecule has 0 bridgehead atoms. The van der Waals surface area contributed by atoms with E-state index in [0.29, 0.717) is 5.92 Å². The van der Waals surface area contributed by atoms with Crippen molar-refractivity contribution >= 4 is 34.2 Å². The summed E-state index contributed by atoms with van der Waals surface area (Å²) in [6, 6.07) is 8.72. The van der Waals surface area contributed by atoms with E-state index in [-0.39, 0.29) is 5.41 Å². The smallest absolute Gasteiger partial charge is 0.0259 e. The summed E-state index contributed by atoms with van der Waals surface area (Å²) in [5.74, 6) is 1.27. The van der Waals surface area contributed by atoms with Crippen LogP contribution < -0.4 is 0 Å². The van der Waals surface area contributed by atoms with E-state index in [9.17, 15) is 0 Å². The maximum atomic E-state index is 6.03. The molecule has 1 aromatic rings. The van der Waals surface area contributed by atoms with Crippen LogP contribution in [0.2, 0.25) is 0 Å². The molecule has 1 unspecified atom stereocenters. The lowest BCUT2D eigenvalue weighted by molar-refractivity contribution is 0.264. The molecule has 0 nitrogen and oxygen atoms in total. The van der Waals surface area contributed by atoms with Crippen molar-refractivity contribution in [2.75, 3.05) is 5.88 Å². The second-order valence-electron chi connectivity index (χ2n) is 5.05. The first-order valence-electron chi connectivity index (χ1n) is 5.24. The molecule has 1 rings (SSSR count). The maximum absolute atomic E-state index is 6.03. The van der Waals surface area contributed by atoms with Gasteiger partial charge >= 0.3 is 0 Å². The Hall–Kier alpha value is 0.240. The first-order chi connectivity index (χ1) is 6.93. The van der Waals surface area contributed by atoms with E-state index >= 15 is 0 Å². The van der Waals surface area contributed by atoms with E-state index in [4.69, 9.17) is 11.6 Å². The number of hydrogen-bond acceptors (Lipinski definition) is 0. The fraction of sp³-hybridized carbons (Fsp3) is 0.538. The topological polar surface area (TPSA) is 0 Å². The van der Waals surface area contributed by atoms with E-state index in [0.717, 1.165) is 12.3 Å². The highest BCUT2D eigenvalue weighted by atomic mass is 127. The molecule has 2 heteroatoms. The van der Waals surface area contributed by atoms with E-state index in [1.54, 1.807) is 0 Å². The molecule has 0 N–H and O–H groups in total. The standard InChI is InChI=1S/C13H18ClI/c1-13(2,3)11(9-14)8-10-4-6-12(15)7-5-10/h4-7,11H,8-9H2,1-3H3. The van der Waals surface area contributed by atoms with Gasteiger partial charge in [-0.1, -0.05) is 32.9 Å². The molecule has 0 aliphatic heterocycles. The number of rotatable bonds is 3. The van der Waals surface area contributed by atoms with Gasteiger partial charge in [0.1, 0.15) is 0 Å². The molecule has 15 heavy (non-hydrogen) atoms. The van der Waals surface area contributed by atoms with Crippen molar-refractivity contribution in [3.8, 4) is 0 Å².